The maximum absolute atomic E-state index is 12.1. The smallest absolute Gasteiger partial charge is 0.406 e. The van der Waals surface area contributed by atoms with Crippen molar-refractivity contribution >= 4 is 5.97 Å². The van der Waals surface area contributed by atoms with Gasteiger partial charge in [0.15, 0.2) is 0 Å². The lowest BCUT2D eigenvalue weighted by atomic mass is 10.3. The molecule has 1 heterocycles. The van der Waals surface area contributed by atoms with E-state index >= 15 is 0 Å². The van der Waals surface area contributed by atoms with Crippen LogP contribution in [0.5, 0.6) is 5.88 Å². The Morgan fingerprint density at radius 1 is 1.47 bits per heavy atom. The molecular weight excluding hydrogens is 215 g/mol. The number of nitrogens with zero attached hydrogens (tertiary/aromatic N) is 1. The number of alkyl halides is 3. The van der Waals surface area contributed by atoms with Gasteiger partial charge in [-0.1, -0.05) is 0 Å². The number of aliphatic hydroxyl groups is 1. The van der Waals surface area contributed by atoms with Crippen molar-refractivity contribution in [2.45, 2.75) is 6.18 Å². The highest BCUT2D eigenvalue weighted by molar-refractivity contribution is 5.72. The number of hydrogen-bond acceptors (Lipinski definition) is 4. The molecule has 0 saturated carbocycles. The normalized spacial score (nSPS) is 11.2. The van der Waals surface area contributed by atoms with E-state index in [1.54, 1.807) is 0 Å². The van der Waals surface area contributed by atoms with Gasteiger partial charge in [-0.15, -0.1) is 0 Å². The number of carbonyl (C=O) groups is 1. The highest BCUT2D eigenvalue weighted by atomic mass is 19.4. The van der Waals surface area contributed by atoms with E-state index in [9.17, 15) is 18.0 Å². The van der Waals surface area contributed by atoms with Crippen molar-refractivity contribution in [3.05, 3.63) is 23.9 Å². The van der Waals surface area contributed by atoms with Crippen molar-refractivity contribution in [1.29, 1.82) is 0 Å². The monoisotopic (exact) mass is 221 g/mol. The lowest BCUT2D eigenvalue weighted by molar-refractivity contribution is -0.138. The summed E-state index contributed by atoms with van der Waals surface area (Å²) in [6.45, 7) is -0.858. The van der Waals surface area contributed by atoms with Gasteiger partial charge in [-0.2, -0.15) is 13.2 Å². The number of aromatic nitrogens is 1. The first-order chi connectivity index (χ1) is 6.93. The van der Waals surface area contributed by atoms with Crippen molar-refractivity contribution < 1.29 is 27.8 Å². The Kier molecular flexibility index (Phi) is 3.25. The van der Waals surface area contributed by atoms with E-state index in [-0.39, 0.29) is 5.88 Å². The summed E-state index contributed by atoms with van der Waals surface area (Å²) in [7, 11) is 0. The number of carbonyl (C=O) groups excluding carboxylic acids is 1. The third-order valence-electron chi connectivity index (χ3n) is 1.41. The minimum absolute atomic E-state index is 0.290. The topological polar surface area (TPSA) is 59.4 Å². The highest BCUT2D eigenvalue weighted by Crippen LogP contribution is 2.29. The molecule has 0 unspecified atom stereocenters. The average molecular weight is 221 g/mol. The van der Waals surface area contributed by atoms with Gasteiger partial charge in [-0.25, -0.2) is 9.78 Å². The van der Waals surface area contributed by atoms with Crippen LogP contribution in [0.3, 0.4) is 0 Å². The predicted octanol–water partition coefficient (Wildman–Crippen LogP) is 0.998. The van der Waals surface area contributed by atoms with Crippen LogP contribution in [0.15, 0.2) is 18.3 Å². The number of esters is 1. The number of halogens is 3. The Hall–Kier alpha value is -1.63. The maximum Gasteiger partial charge on any atom is 0.417 e. The minimum Gasteiger partial charge on any atom is -0.406 e. The molecule has 1 aromatic rings. The molecule has 0 fully saturated rings. The molecule has 0 amide bonds. The van der Waals surface area contributed by atoms with Gasteiger partial charge in [0.2, 0.25) is 5.88 Å². The molecule has 0 aliphatic rings. The first-order valence-corrected chi connectivity index (χ1v) is 3.78. The second kappa shape index (κ2) is 4.26. The minimum atomic E-state index is -4.48. The third kappa shape index (κ3) is 3.21. The van der Waals surface area contributed by atoms with E-state index < -0.39 is 24.3 Å². The van der Waals surface area contributed by atoms with E-state index in [0.717, 1.165) is 12.1 Å². The third-order valence-corrected chi connectivity index (χ3v) is 1.41. The van der Waals surface area contributed by atoms with E-state index in [1.807, 2.05) is 0 Å². The molecule has 0 atom stereocenters. The molecule has 1 aromatic heterocycles. The molecule has 4 nitrogen and oxygen atoms in total. The van der Waals surface area contributed by atoms with Crippen LogP contribution in [0.25, 0.3) is 0 Å². The molecule has 1 N–H and O–H groups in total. The zero-order valence-corrected chi connectivity index (χ0v) is 7.28. The first kappa shape index (κ1) is 11.4. The molecular formula is C8H6F3NO3. The van der Waals surface area contributed by atoms with Crippen molar-refractivity contribution in [3.63, 3.8) is 0 Å². The number of pyridine rings is 1. The van der Waals surface area contributed by atoms with Gasteiger partial charge in [0.1, 0.15) is 6.61 Å². The van der Waals surface area contributed by atoms with E-state index in [2.05, 4.69) is 9.72 Å². The molecule has 15 heavy (non-hydrogen) atoms. The summed E-state index contributed by atoms with van der Waals surface area (Å²) in [5, 5.41) is 8.30. The summed E-state index contributed by atoms with van der Waals surface area (Å²) < 4.78 is 40.5. The SMILES string of the molecule is O=C(CO)Oc1ccc(C(F)(F)F)cn1. The zero-order chi connectivity index (χ0) is 11.5. The van der Waals surface area contributed by atoms with Crippen LogP contribution in [0.1, 0.15) is 5.56 Å². The zero-order valence-electron chi connectivity index (χ0n) is 7.28. The van der Waals surface area contributed by atoms with Gasteiger partial charge in [0.05, 0.1) is 5.56 Å². The standard InChI is InChI=1S/C8H6F3NO3/c9-8(10,11)5-1-2-6(12-3-5)15-7(14)4-13/h1-3,13H,4H2. The summed E-state index contributed by atoms with van der Waals surface area (Å²) >= 11 is 0. The fourth-order valence-corrected chi connectivity index (χ4v) is 0.757. The van der Waals surface area contributed by atoms with Crippen LogP contribution >= 0.6 is 0 Å². The fraction of sp³-hybridized carbons (Fsp3) is 0.250. The van der Waals surface area contributed by atoms with Gasteiger partial charge in [-0.3, -0.25) is 0 Å². The van der Waals surface area contributed by atoms with Gasteiger partial charge in [0, 0.05) is 12.3 Å². The largest absolute Gasteiger partial charge is 0.417 e. The molecule has 0 saturated heterocycles. The molecule has 1 rings (SSSR count). The summed E-state index contributed by atoms with van der Waals surface area (Å²) in [6.07, 6.45) is -3.94. The van der Waals surface area contributed by atoms with Crippen molar-refractivity contribution in [1.82, 2.24) is 4.98 Å². The van der Waals surface area contributed by atoms with Gasteiger partial charge in [-0.05, 0) is 6.07 Å². The van der Waals surface area contributed by atoms with Crippen LogP contribution < -0.4 is 4.74 Å². The molecule has 0 spiro atoms. The van der Waals surface area contributed by atoms with Crippen molar-refractivity contribution in [2.75, 3.05) is 6.61 Å². The Bertz CT molecular complexity index is 347. The summed E-state index contributed by atoms with van der Waals surface area (Å²) in [5.41, 5.74) is -0.939. The molecule has 0 aromatic carbocycles. The summed E-state index contributed by atoms with van der Waals surface area (Å²) in [5.74, 6) is -1.27. The molecule has 82 valence electrons. The Morgan fingerprint density at radius 2 is 2.13 bits per heavy atom. The first-order valence-electron chi connectivity index (χ1n) is 3.78. The maximum atomic E-state index is 12.1. The highest BCUT2D eigenvalue weighted by Gasteiger charge is 2.30. The Balaban J connectivity index is 2.77. The van der Waals surface area contributed by atoms with Crippen LogP contribution in [0.2, 0.25) is 0 Å². The fourth-order valence-electron chi connectivity index (χ4n) is 0.757. The van der Waals surface area contributed by atoms with Gasteiger partial charge >= 0.3 is 12.1 Å². The van der Waals surface area contributed by atoms with Crippen molar-refractivity contribution in [3.8, 4) is 5.88 Å². The lowest BCUT2D eigenvalue weighted by Gasteiger charge is -2.06. The number of hydrogen-bond donors (Lipinski definition) is 1. The average Bonchev–Trinajstić information content (AvgIpc) is 2.17. The summed E-state index contributed by atoms with van der Waals surface area (Å²) in [6, 6.07) is 1.63. The molecule has 0 radical (unpaired) electrons. The quantitative estimate of drug-likeness (QED) is 0.757. The van der Waals surface area contributed by atoms with Crippen LogP contribution in [0.4, 0.5) is 13.2 Å². The van der Waals surface area contributed by atoms with Crippen LogP contribution in [0, 0.1) is 0 Å². The molecule has 0 aliphatic heterocycles. The van der Waals surface area contributed by atoms with Crippen molar-refractivity contribution in [2.24, 2.45) is 0 Å². The van der Waals surface area contributed by atoms with E-state index in [4.69, 9.17) is 5.11 Å². The van der Waals surface area contributed by atoms with Gasteiger partial charge < -0.3 is 9.84 Å². The molecule has 7 heteroatoms. The summed E-state index contributed by atoms with van der Waals surface area (Å²) in [4.78, 5) is 13.8. The van der Waals surface area contributed by atoms with E-state index in [0.29, 0.717) is 6.20 Å². The number of rotatable bonds is 2. The second-order valence-electron chi connectivity index (χ2n) is 2.52. The number of ether oxygens (including phenoxy) is 1. The van der Waals surface area contributed by atoms with E-state index in [1.165, 1.54) is 0 Å². The lowest BCUT2D eigenvalue weighted by Crippen LogP contribution is -2.13. The van der Waals surface area contributed by atoms with Crippen LogP contribution in [-0.2, 0) is 11.0 Å². The molecule has 0 bridgehead atoms. The predicted molar refractivity (Wildman–Crippen MR) is 42.0 cm³/mol. The van der Waals surface area contributed by atoms with Gasteiger partial charge in [0.25, 0.3) is 0 Å². The number of aliphatic hydroxyl groups excluding tert-OH is 1. The Labute approximate surface area is 82.3 Å². The second-order valence-corrected chi connectivity index (χ2v) is 2.52. The van der Waals surface area contributed by atoms with Crippen LogP contribution in [-0.4, -0.2) is 22.7 Å². The molecule has 0 aliphatic carbocycles. The Morgan fingerprint density at radius 3 is 2.53 bits per heavy atom.